The number of nitrogens with two attached hydrogens (primary N) is 1. The first-order valence-electron chi connectivity index (χ1n) is 8.03. The van der Waals surface area contributed by atoms with Crippen LogP contribution < -0.4 is 11.3 Å². The second-order valence-electron chi connectivity index (χ2n) is 6.01. The molecule has 0 amide bonds. The smallest absolute Gasteiger partial charge is 0.146 e. The van der Waals surface area contributed by atoms with Crippen molar-refractivity contribution >= 4 is 5.82 Å². The van der Waals surface area contributed by atoms with Gasteiger partial charge in [0.25, 0.3) is 0 Å². The topological polar surface area (TPSA) is 63.8 Å². The Morgan fingerprint density at radius 3 is 2.40 bits per heavy atom. The average molecular weight is 276 g/mol. The van der Waals surface area contributed by atoms with Crippen LogP contribution in [0.1, 0.15) is 75.4 Å². The number of hydrogen-bond acceptors (Lipinski definition) is 4. The minimum Gasteiger partial charge on any atom is -0.308 e. The molecule has 0 unspecified atom stereocenters. The van der Waals surface area contributed by atoms with E-state index in [1.54, 1.807) is 0 Å². The lowest BCUT2D eigenvalue weighted by molar-refractivity contribution is 0.302. The molecule has 0 aliphatic heterocycles. The molecule has 0 spiro atoms. The molecule has 0 bridgehead atoms. The van der Waals surface area contributed by atoms with Gasteiger partial charge in [0.1, 0.15) is 11.6 Å². The third kappa shape index (κ3) is 3.29. The summed E-state index contributed by atoms with van der Waals surface area (Å²) in [6.45, 7) is 6.45. The molecule has 0 atom stereocenters. The van der Waals surface area contributed by atoms with E-state index in [0.29, 0.717) is 5.92 Å². The monoisotopic (exact) mass is 276 g/mol. The highest BCUT2D eigenvalue weighted by Gasteiger charge is 2.24. The highest BCUT2D eigenvalue weighted by molar-refractivity contribution is 5.45. The SMILES string of the molecule is CCCC1CCC(c2nc(CC)c(C)c(NN)n2)CC1. The van der Waals surface area contributed by atoms with Gasteiger partial charge < -0.3 is 5.43 Å². The van der Waals surface area contributed by atoms with Gasteiger partial charge in [-0.25, -0.2) is 15.8 Å². The molecule has 1 heterocycles. The molecule has 2 rings (SSSR count). The first-order valence-corrected chi connectivity index (χ1v) is 8.03. The Morgan fingerprint density at radius 1 is 1.15 bits per heavy atom. The molecule has 4 nitrogen and oxygen atoms in total. The normalized spacial score (nSPS) is 22.8. The van der Waals surface area contributed by atoms with E-state index in [-0.39, 0.29) is 0 Å². The summed E-state index contributed by atoms with van der Waals surface area (Å²) in [6.07, 6.45) is 8.70. The van der Waals surface area contributed by atoms with Crippen LogP contribution in [0.5, 0.6) is 0 Å². The van der Waals surface area contributed by atoms with E-state index in [2.05, 4.69) is 24.3 Å². The minimum absolute atomic E-state index is 0.515. The molecule has 1 aromatic rings. The van der Waals surface area contributed by atoms with Crippen LogP contribution in [0, 0.1) is 12.8 Å². The van der Waals surface area contributed by atoms with Crippen LogP contribution in [0.25, 0.3) is 0 Å². The fraction of sp³-hybridized carbons (Fsp3) is 0.750. The van der Waals surface area contributed by atoms with Gasteiger partial charge in [0.2, 0.25) is 0 Å². The van der Waals surface area contributed by atoms with E-state index < -0.39 is 0 Å². The van der Waals surface area contributed by atoms with Gasteiger partial charge in [0, 0.05) is 17.2 Å². The molecule has 1 aliphatic carbocycles. The second-order valence-corrected chi connectivity index (χ2v) is 6.01. The summed E-state index contributed by atoms with van der Waals surface area (Å²) < 4.78 is 0. The Kier molecular flexibility index (Phi) is 5.35. The maximum atomic E-state index is 5.59. The molecule has 112 valence electrons. The predicted molar refractivity (Wildman–Crippen MR) is 83.6 cm³/mol. The molecule has 0 radical (unpaired) electrons. The molecule has 4 heteroatoms. The van der Waals surface area contributed by atoms with Crippen LogP contribution in [-0.4, -0.2) is 9.97 Å². The Balaban J connectivity index is 2.13. The number of aromatic nitrogens is 2. The first-order chi connectivity index (χ1) is 9.69. The Labute approximate surface area is 122 Å². The number of nitrogens with zero attached hydrogens (tertiary/aromatic N) is 2. The fourth-order valence-corrected chi connectivity index (χ4v) is 3.37. The van der Waals surface area contributed by atoms with Crippen molar-refractivity contribution in [2.45, 2.75) is 71.6 Å². The van der Waals surface area contributed by atoms with Crippen molar-refractivity contribution in [1.82, 2.24) is 9.97 Å². The summed E-state index contributed by atoms with van der Waals surface area (Å²) in [7, 11) is 0. The Morgan fingerprint density at radius 2 is 1.85 bits per heavy atom. The molecule has 1 fully saturated rings. The third-order valence-corrected chi connectivity index (χ3v) is 4.64. The van der Waals surface area contributed by atoms with Crippen LogP contribution in [-0.2, 0) is 6.42 Å². The molecular formula is C16H28N4. The highest BCUT2D eigenvalue weighted by Crippen LogP contribution is 2.36. The number of anilines is 1. The fourth-order valence-electron chi connectivity index (χ4n) is 3.37. The van der Waals surface area contributed by atoms with Crippen molar-refractivity contribution in [3.05, 3.63) is 17.1 Å². The van der Waals surface area contributed by atoms with E-state index >= 15 is 0 Å². The molecule has 1 saturated carbocycles. The second kappa shape index (κ2) is 7.02. The summed E-state index contributed by atoms with van der Waals surface area (Å²) in [5.74, 6) is 8.81. The summed E-state index contributed by atoms with van der Waals surface area (Å²) in [4.78, 5) is 9.43. The van der Waals surface area contributed by atoms with Gasteiger partial charge in [-0.15, -0.1) is 0 Å². The number of nitrogens with one attached hydrogen (secondary N) is 1. The van der Waals surface area contributed by atoms with E-state index in [1.807, 2.05) is 6.92 Å². The Hall–Kier alpha value is -1.16. The van der Waals surface area contributed by atoms with Gasteiger partial charge in [-0.05, 0) is 44.9 Å². The lowest BCUT2D eigenvalue weighted by Gasteiger charge is -2.28. The van der Waals surface area contributed by atoms with Gasteiger partial charge in [-0.2, -0.15) is 0 Å². The molecule has 0 saturated heterocycles. The number of hydrazine groups is 1. The molecular weight excluding hydrogens is 248 g/mol. The van der Waals surface area contributed by atoms with Crippen molar-refractivity contribution in [3.8, 4) is 0 Å². The lowest BCUT2D eigenvalue weighted by Crippen LogP contribution is -2.19. The molecule has 1 aliphatic rings. The van der Waals surface area contributed by atoms with Gasteiger partial charge in [0.05, 0.1) is 0 Å². The van der Waals surface area contributed by atoms with Crippen LogP contribution in [0.15, 0.2) is 0 Å². The number of nitrogen functional groups attached to an aromatic ring is 1. The quantitative estimate of drug-likeness (QED) is 0.635. The van der Waals surface area contributed by atoms with Crippen LogP contribution in [0.3, 0.4) is 0 Å². The number of hydrogen-bond donors (Lipinski definition) is 2. The highest BCUT2D eigenvalue weighted by atomic mass is 15.3. The lowest BCUT2D eigenvalue weighted by atomic mass is 9.79. The maximum absolute atomic E-state index is 5.59. The third-order valence-electron chi connectivity index (χ3n) is 4.64. The molecule has 1 aromatic heterocycles. The van der Waals surface area contributed by atoms with Gasteiger partial charge >= 0.3 is 0 Å². The number of rotatable bonds is 5. The summed E-state index contributed by atoms with van der Waals surface area (Å²) in [5.41, 5.74) is 4.93. The van der Waals surface area contributed by atoms with Crippen molar-refractivity contribution in [3.63, 3.8) is 0 Å². The molecule has 0 aromatic carbocycles. The van der Waals surface area contributed by atoms with E-state index in [9.17, 15) is 0 Å². The average Bonchev–Trinajstić information content (AvgIpc) is 2.49. The summed E-state index contributed by atoms with van der Waals surface area (Å²) in [5, 5.41) is 0. The zero-order chi connectivity index (χ0) is 14.5. The maximum Gasteiger partial charge on any atom is 0.146 e. The zero-order valence-corrected chi connectivity index (χ0v) is 13.1. The van der Waals surface area contributed by atoms with Gasteiger partial charge in [-0.3, -0.25) is 0 Å². The first kappa shape index (κ1) is 15.2. The number of aryl methyl sites for hydroxylation is 1. The van der Waals surface area contributed by atoms with Gasteiger partial charge in [0.15, 0.2) is 0 Å². The standard InChI is InChI=1S/C16H28N4/c1-4-6-12-7-9-13(10-8-12)16-18-14(5-2)11(3)15(19-16)20-17/h12-13H,4-10,17H2,1-3H3,(H,18,19,20). The van der Waals surface area contributed by atoms with Crippen LogP contribution in [0.4, 0.5) is 5.82 Å². The zero-order valence-electron chi connectivity index (χ0n) is 13.1. The van der Waals surface area contributed by atoms with Crippen molar-refractivity contribution in [1.29, 1.82) is 0 Å². The van der Waals surface area contributed by atoms with Crippen molar-refractivity contribution < 1.29 is 0 Å². The Bertz CT molecular complexity index is 411. The van der Waals surface area contributed by atoms with Crippen LogP contribution in [0.2, 0.25) is 0 Å². The van der Waals surface area contributed by atoms with Crippen LogP contribution >= 0.6 is 0 Å². The van der Waals surface area contributed by atoms with E-state index in [1.165, 1.54) is 38.5 Å². The van der Waals surface area contributed by atoms with E-state index in [0.717, 1.165) is 35.2 Å². The largest absolute Gasteiger partial charge is 0.308 e. The predicted octanol–water partition coefficient (Wildman–Crippen LogP) is 3.71. The van der Waals surface area contributed by atoms with E-state index in [4.69, 9.17) is 10.8 Å². The van der Waals surface area contributed by atoms with Gasteiger partial charge in [-0.1, -0.05) is 26.7 Å². The minimum atomic E-state index is 0.515. The summed E-state index contributed by atoms with van der Waals surface area (Å²) in [6, 6.07) is 0. The van der Waals surface area contributed by atoms with Crippen molar-refractivity contribution in [2.24, 2.45) is 11.8 Å². The molecule has 3 N–H and O–H groups in total. The summed E-state index contributed by atoms with van der Waals surface area (Å²) >= 11 is 0. The molecule has 20 heavy (non-hydrogen) atoms. The van der Waals surface area contributed by atoms with Crippen molar-refractivity contribution in [2.75, 3.05) is 5.43 Å².